The minimum atomic E-state index is -0.594. The minimum Gasteiger partial charge on any atom is -0.505 e. The molecule has 0 spiro atoms. The van der Waals surface area contributed by atoms with Crippen LogP contribution < -0.4 is 4.74 Å². The van der Waals surface area contributed by atoms with Gasteiger partial charge < -0.3 is 9.84 Å². The van der Waals surface area contributed by atoms with Crippen molar-refractivity contribution in [1.82, 2.24) is 0 Å². The Morgan fingerprint density at radius 3 is 2.45 bits per heavy atom. The SMILES string of the molecule is Cc1cc(/C=C/c2ccc(OCC3CC3)cc2)cc(F)c1O. The zero-order valence-corrected chi connectivity index (χ0v) is 12.6. The van der Waals surface area contributed by atoms with E-state index < -0.39 is 5.82 Å². The van der Waals surface area contributed by atoms with E-state index >= 15 is 0 Å². The summed E-state index contributed by atoms with van der Waals surface area (Å²) in [5, 5.41) is 9.43. The maximum Gasteiger partial charge on any atom is 0.165 e. The first-order chi connectivity index (χ1) is 10.6. The molecule has 1 aliphatic rings. The molecule has 0 saturated heterocycles. The molecule has 0 bridgehead atoms. The zero-order chi connectivity index (χ0) is 15.5. The molecule has 1 aliphatic carbocycles. The molecule has 1 fully saturated rings. The Kier molecular flexibility index (Phi) is 4.14. The van der Waals surface area contributed by atoms with Crippen molar-refractivity contribution in [2.45, 2.75) is 19.8 Å². The molecule has 2 aromatic carbocycles. The molecule has 3 rings (SSSR count). The summed E-state index contributed by atoms with van der Waals surface area (Å²) < 4.78 is 19.2. The average molecular weight is 298 g/mol. The number of hydrogen-bond donors (Lipinski definition) is 1. The van der Waals surface area contributed by atoms with Crippen LogP contribution in [0, 0.1) is 18.7 Å². The highest BCUT2D eigenvalue weighted by atomic mass is 19.1. The second kappa shape index (κ2) is 6.22. The molecule has 22 heavy (non-hydrogen) atoms. The van der Waals surface area contributed by atoms with E-state index in [2.05, 4.69) is 0 Å². The normalized spacial score (nSPS) is 14.5. The Morgan fingerprint density at radius 2 is 1.82 bits per heavy atom. The second-order valence-corrected chi connectivity index (χ2v) is 5.82. The maximum atomic E-state index is 13.5. The van der Waals surface area contributed by atoms with Gasteiger partial charge in [-0.1, -0.05) is 24.3 Å². The van der Waals surface area contributed by atoms with Crippen molar-refractivity contribution in [3.05, 3.63) is 58.9 Å². The molecular formula is C19H19FO2. The van der Waals surface area contributed by atoms with Crippen molar-refractivity contribution in [3.63, 3.8) is 0 Å². The highest BCUT2D eigenvalue weighted by Crippen LogP contribution is 2.29. The van der Waals surface area contributed by atoms with Gasteiger partial charge in [-0.2, -0.15) is 0 Å². The van der Waals surface area contributed by atoms with Crippen LogP contribution in [0.5, 0.6) is 11.5 Å². The summed E-state index contributed by atoms with van der Waals surface area (Å²) in [6, 6.07) is 10.9. The standard InChI is InChI=1S/C19H19FO2/c1-13-10-16(11-18(20)19(13)21)5-2-14-6-8-17(9-7-14)22-12-15-3-4-15/h2,5-11,15,21H,3-4,12H2,1H3/b5-2+. The van der Waals surface area contributed by atoms with Gasteiger partial charge in [-0.05, 0) is 66.6 Å². The van der Waals surface area contributed by atoms with E-state index in [0.29, 0.717) is 5.56 Å². The van der Waals surface area contributed by atoms with E-state index in [1.54, 1.807) is 13.0 Å². The first-order valence-electron chi connectivity index (χ1n) is 7.52. The van der Waals surface area contributed by atoms with E-state index in [4.69, 9.17) is 4.74 Å². The molecule has 0 unspecified atom stereocenters. The van der Waals surface area contributed by atoms with E-state index in [9.17, 15) is 9.50 Å². The minimum absolute atomic E-state index is 0.283. The molecule has 0 atom stereocenters. The Morgan fingerprint density at radius 1 is 1.14 bits per heavy atom. The van der Waals surface area contributed by atoms with Crippen LogP contribution in [0.15, 0.2) is 36.4 Å². The summed E-state index contributed by atoms with van der Waals surface area (Å²) in [5.74, 6) is 0.751. The van der Waals surface area contributed by atoms with Crippen LogP contribution in [0.2, 0.25) is 0 Å². The molecule has 0 heterocycles. The number of aromatic hydroxyl groups is 1. The first kappa shape index (κ1) is 14.6. The fourth-order valence-electron chi connectivity index (χ4n) is 2.23. The summed E-state index contributed by atoms with van der Waals surface area (Å²) in [7, 11) is 0. The van der Waals surface area contributed by atoms with Gasteiger partial charge in [0, 0.05) is 0 Å². The Bertz CT molecular complexity index is 662. The van der Waals surface area contributed by atoms with Crippen LogP contribution in [0.4, 0.5) is 4.39 Å². The molecule has 2 nitrogen and oxygen atoms in total. The molecule has 3 heteroatoms. The Labute approximate surface area is 129 Å². The summed E-state index contributed by atoms with van der Waals surface area (Å²) in [6.45, 7) is 2.49. The zero-order valence-electron chi connectivity index (χ0n) is 12.6. The van der Waals surface area contributed by atoms with Crippen LogP contribution in [-0.4, -0.2) is 11.7 Å². The van der Waals surface area contributed by atoms with Crippen molar-refractivity contribution >= 4 is 12.2 Å². The van der Waals surface area contributed by atoms with E-state index in [1.807, 2.05) is 36.4 Å². The van der Waals surface area contributed by atoms with Crippen molar-refractivity contribution in [1.29, 1.82) is 0 Å². The lowest BCUT2D eigenvalue weighted by atomic mass is 10.1. The molecule has 1 saturated carbocycles. The van der Waals surface area contributed by atoms with Crippen LogP contribution >= 0.6 is 0 Å². The Hall–Kier alpha value is -2.29. The van der Waals surface area contributed by atoms with Crippen LogP contribution in [0.25, 0.3) is 12.2 Å². The van der Waals surface area contributed by atoms with Gasteiger partial charge in [-0.25, -0.2) is 4.39 Å². The number of benzene rings is 2. The van der Waals surface area contributed by atoms with Crippen molar-refractivity contribution < 1.29 is 14.2 Å². The van der Waals surface area contributed by atoms with E-state index in [0.717, 1.165) is 29.4 Å². The monoisotopic (exact) mass is 298 g/mol. The molecule has 0 aliphatic heterocycles. The number of ether oxygens (including phenoxy) is 1. The Balaban J connectivity index is 1.66. The molecular weight excluding hydrogens is 279 g/mol. The van der Waals surface area contributed by atoms with Gasteiger partial charge >= 0.3 is 0 Å². The largest absolute Gasteiger partial charge is 0.505 e. The molecule has 0 amide bonds. The first-order valence-corrected chi connectivity index (χ1v) is 7.52. The maximum absolute atomic E-state index is 13.5. The predicted octanol–water partition coefficient (Wildman–Crippen LogP) is 4.80. The number of hydrogen-bond acceptors (Lipinski definition) is 2. The fourth-order valence-corrected chi connectivity index (χ4v) is 2.23. The van der Waals surface area contributed by atoms with Crippen LogP contribution in [0.1, 0.15) is 29.5 Å². The van der Waals surface area contributed by atoms with E-state index in [-0.39, 0.29) is 5.75 Å². The third-order valence-electron chi connectivity index (χ3n) is 3.81. The lowest BCUT2D eigenvalue weighted by Gasteiger charge is -2.05. The quantitative estimate of drug-likeness (QED) is 0.803. The summed E-state index contributed by atoms with van der Waals surface area (Å²) >= 11 is 0. The molecule has 0 radical (unpaired) electrons. The van der Waals surface area contributed by atoms with Crippen molar-refractivity contribution in [3.8, 4) is 11.5 Å². The third kappa shape index (κ3) is 3.67. The van der Waals surface area contributed by atoms with Gasteiger partial charge in [0.25, 0.3) is 0 Å². The fraction of sp³-hybridized carbons (Fsp3) is 0.263. The van der Waals surface area contributed by atoms with Gasteiger partial charge in [0.05, 0.1) is 6.61 Å². The number of halogens is 1. The smallest absolute Gasteiger partial charge is 0.165 e. The van der Waals surface area contributed by atoms with Crippen molar-refractivity contribution in [2.75, 3.05) is 6.61 Å². The van der Waals surface area contributed by atoms with Gasteiger partial charge in [0.2, 0.25) is 0 Å². The average Bonchev–Trinajstić information content (AvgIpc) is 3.33. The van der Waals surface area contributed by atoms with Crippen LogP contribution in [0.3, 0.4) is 0 Å². The lowest BCUT2D eigenvalue weighted by molar-refractivity contribution is 0.300. The van der Waals surface area contributed by atoms with Crippen LogP contribution in [-0.2, 0) is 0 Å². The summed E-state index contributed by atoms with van der Waals surface area (Å²) in [6.07, 6.45) is 6.30. The van der Waals surface area contributed by atoms with Gasteiger partial charge in [0.1, 0.15) is 5.75 Å². The molecule has 114 valence electrons. The summed E-state index contributed by atoms with van der Waals surface area (Å²) in [5.41, 5.74) is 2.27. The van der Waals surface area contributed by atoms with E-state index in [1.165, 1.54) is 18.9 Å². The highest BCUT2D eigenvalue weighted by molar-refractivity contribution is 5.70. The number of phenols is 1. The topological polar surface area (TPSA) is 29.5 Å². The molecule has 0 aromatic heterocycles. The number of rotatable bonds is 5. The number of aryl methyl sites for hydroxylation is 1. The summed E-state index contributed by atoms with van der Waals surface area (Å²) in [4.78, 5) is 0. The van der Waals surface area contributed by atoms with Gasteiger partial charge in [-0.15, -0.1) is 0 Å². The molecule has 1 N–H and O–H groups in total. The second-order valence-electron chi connectivity index (χ2n) is 5.82. The van der Waals surface area contributed by atoms with Crippen molar-refractivity contribution in [2.24, 2.45) is 5.92 Å². The predicted molar refractivity (Wildman–Crippen MR) is 86.4 cm³/mol. The highest BCUT2D eigenvalue weighted by Gasteiger charge is 2.21. The number of phenolic OH excluding ortho intramolecular Hbond substituents is 1. The molecule has 2 aromatic rings. The lowest BCUT2D eigenvalue weighted by Crippen LogP contribution is -1.98. The third-order valence-corrected chi connectivity index (χ3v) is 3.81. The van der Waals surface area contributed by atoms with Gasteiger partial charge in [-0.3, -0.25) is 0 Å². The van der Waals surface area contributed by atoms with Gasteiger partial charge in [0.15, 0.2) is 11.6 Å².